The van der Waals surface area contributed by atoms with Gasteiger partial charge in [0.1, 0.15) is 6.10 Å². The maximum absolute atomic E-state index is 14.2. The first-order valence-electron chi connectivity index (χ1n) is 17.0. The molecule has 0 radical (unpaired) electrons. The van der Waals surface area contributed by atoms with Crippen molar-refractivity contribution in [3.05, 3.63) is 59.7 Å². The Morgan fingerprint density at radius 2 is 1.92 bits per heavy atom. The van der Waals surface area contributed by atoms with Crippen molar-refractivity contribution in [1.29, 1.82) is 0 Å². The van der Waals surface area contributed by atoms with Crippen molar-refractivity contribution in [2.75, 3.05) is 32.8 Å². The normalized spacial score (nSPS) is 21.1. The number of aliphatic imine (C=N–C) groups is 1. The summed E-state index contributed by atoms with van der Waals surface area (Å²) in [5, 5.41) is 25.6. The summed E-state index contributed by atoms with van der Waals surface area (Å²) in [6.07, 6.45) is 0.531. The maximum atomic E-state index is 14.2. The standard InChI is InChI=1S/C36H50N4O8S/c1-23(2)20-40(49(44,45)25-11-12-29-27(18-25)28(33(42)38-29)19-37-15-14-36(3,4)5)21-31(41)30(17-24-9-7-6-8-10-24)39-35(43)48-32-22-47-34-26(32)13-16-46-34/h6-12,18-19,23,26,30-32,34,38,41-42H,13-17,20-22H2,1-5H3,(H,39,43). The van der Waals surface area contributed by atoms with Crippen molar-refractivity contribution >= 4 is 33.2 Å². The molecule has 1 amide bonds. The highest BCUT2D eigenvalue weighted by atomic mass is 32.2. The van der Waals surface area contributed by atoms with Crippen molar-refractivity contribution in [3.63, 3.8) is 0 Å². The van der Waals surface area contributed by atoms with Crippen molar-refractivity contribution in [3.8, 4) is 5.88 Å². The predicted octanol–water partition coefficient (Wildman–Crippen LogP) is 4.84. The summed E-state index contributed by atoms with van der Waals surface area (Å²) >= 11 is 0. The summed E-state index contributed by atoms with van der Waals surface area (Å²) < 4.78 is 46.6. The Bertz CT molecular complexity index is 1700. The van der Waals surface area contributed by atoms with Gasteiger partial charge in [-0.15, -0.1) is 0 Å². The van der Waals surface area contributed by atoms with Crippen LogP contribution in [0, 0.1) is 17.3 Å². The van der Waals surface area contributed by atoms with E-state index in [0.29, 0.717) is 29.6 Å². The van der Waals surface area contributed by atoms with Crippen LogP contribution in [0.25, 0.3) is 10.9 Å². The molecule has 2 aliphatic heterocycles. The first kappa shape index (κ1) is 36.8. The molecule has 2 aromatic carbocycles. The van der Waals surface area contributed by atoms with E-state index in [1.807, 2.05) is 44.2 Å². The first-order valence-corrected chi connectivity index (χ1v) is 18.4. The van der Waals surface area contributed by atoms with E-state index in [2.05, 4.69) is 36.1 Å². The zero-order valence-corrected chi connectivity index (χ0v) is 29.8. The van der Waals surface area contributed by atoms with E-state index in [4.69, 9.17) is 14.2 Å². The van der Waals surface area contributed by atoms with Gasteiger partial charge in [0.05, 0.1) is 41.7 Å². The van der Waals surface area contributed by atoms with E-state index >= 15 is 0 Å². The second-order valence-electron chi connectivity index (χ2n) is 14.6. The molecule has 0 aliphatic carbocycles. The Morgan fingerprint density at radius 3 is 2.63 bits per heavy atom. The fourth-order valence-electron chi connectivity index (χ4n) is 6.21. The average Bonchev–Trinajstić information content (AvgIpc) is 3.73. The molecule has 2 aliphatic rings. The minimum atomic E-state index is -4.14. The minimum Gasteiger partial charge on any atom is -0.494 e. The summed E-state index contributed by atoms with van der Waals surface area (Å²) in [6, 6.07) is 13.1. The van der Waals surface area contributed by atoms with E-state index < -0.39 is 34.4 Å². The molecular weight excluding hydrogens is 648 g/mol. The number of nitrogens with one attached hydrogen (secondary N) is 2. The maximum Gasteiger partial charge on any atom is 0.407 e. The lowest BCUT2D eigenvalue weighted by Gasteiger charge is -2.31. The highest BCUT2D eigenvalue weighted by molar-refractivity contribution is 7.89. The number of hydrogen-bond acceptors (Lipinski definition) is 9. The smallest absolute Gasteiger partial charge is 0.407 e. The van der Waals surface area contributed by atoms with Crippen LogP contribution in [0.15, 0.2) is 58.4 Å². The van der Waals surface area contributed by atoms with Crippen LogP contribution in [-0.2, 0) is 30.7 Å². The number of aromatic amines is 1. The Balaban J connectivity index is 1.37. The molecule has 12 nitrogen and oxygen atoms in total. The second-order valence-corrected chi connectivity index (χ2v) is 16.6. The third kappa shape index (κ3) is 9.40. The fraction of sp³-hybridized carbons (Fsp3) is 0.556. The highest BCUT2D eigenvalue weighted by Gasteiger charge is 2.44. The van der Waals surface area contributed by atoms with Gasteiger partial charge in [0, 0.05) is 36.8 Å². The van der Waals surface area contributed by atoms with Gasteiger partial charge in [-0.2, -0.15) is 4.31 Å². The van der Waals surface area contributed by atoms with Gasteiger partial charge >= 0.3 is 6.09 Å². The molecule has 0 saturated carbocycles. The number of sulfonamides is 1. The Hall–Kier alpha value is -3.49. The zero-order chi connectivity index (χ0) is 35.3. The van der Waals surface area contributed by atoms with Crippen LogP contribution in [0.4, 0.5) is 4.79 Å². The monoisotopic (exact) mass is 698 g/mol. The quantitative estimate of drug-likeness (QED) is 0.174. The predicted molar refractivity (Wildman–Crippen MR) is 187 cm³/mol. The second kappa shape index (κ2) is 15.6. The van der Waals surface area contributed by atoms with E-state index in [9.17, 15) is 23.4 Å². The van der Waals surface area contributed by atoms with Crippen LogP contribution >= 0.6 is 0 Å². The summed E-state index contributed by atoms with van der Waals surface area (Å²) in [6.45, 7) is 11.3. The molecule has 49 heavy (non-hydrogen) atoms. The molecule has 0 spiro atoms. The lowest BCUT2D eigenvalue weighted by molar-refractivity contribution is -0.0907. The lowest BCUT2D eigenvalue weighted by atomic mass is 9.92. The summed E-state index contributed by atoms with van der Waals surface area (Å²) in [5.74, 6) is -0.216. The molecule has 2 fully saturated rings. The lowest BCUT2D eigenvalue weighted by Crippen LogP contribution is -2.51. The summed E-state index contributed by atoms with van der Waals surface area (Å²) in [5.41, 5.74) is 1.93. The van der Waals surface area contributed by atoms with Gasteiger partial charge in [0.15, 0.2) is 12.2 Å². The van der Waals surface area contributed by atoms with E-state index in [0.717, 1.165) is 18.4 Å². The van der Waals surface area contributed by atoms with Crippen LogP contribution in [0.3, 0.4) is 0 Å². The number of alkyl carbamates (subject to hydrolysis) is 1. The van der Waals surface area contributed by atoms with Crippen LogP contribution < -0.4 is 5.32 Å². The number of amides is 1. The third-order valence-electron chi connectivity index (χ3n) is 8.91. The molecule has 5 unspecified atom stereocenters. The van der Waals surface area contributed by atoms with E-state index in [-0.39, 0.29) is 60.4 Å². The number of nitrogens with zero attached hydrogens (tertiary/aromatic N) is 2. The van der Waals surface area contributed by atoms with Crippen molar-refractivity contribution in [2.24, 2.45) is 22.2 Å². The highest BCUT2D eigenvalue weighted by Crippen LogP contribution is 2.33. The van der Waals surface area contributed by atoms with Crippen LogP contribution in [0.1, 0.15) is 58.6 Å². The molecule has 1 aromatic heterocycles. The van der Waals surface area contributed by atoms with Gasteiger partial charge in [-0.3, -0.25) is 4.99 Å². The van der Waals surface area contributed by atoms with Gasteiger partial charge in [0.25, 0.3) is 0 Å². The molecule has 2 saturated heterocycles. The number of H-pyrrole nitrogens is 1. The largest absolute Gasteiger partial charge is 0.494 e. The number of benzene rings is 2. The first-order chi connectivity index (χ1) is 23.2. The molecule has 5 rings (SSSR count). The summed E-state index contributed by atoms with van der Waals surface area (Å²) in [7, 11) is -4.14. The van der Waals surface area contributed by atoms with Crippen LogP contribution in [0.5, 0.6) is 5.88 Å². The molecular formula is C36H50N4O8S. The van der Waals surface area contributed by atoms with Gasteiger partial charge in [0.2, 0.25) is 10.0 Å². The number of carbonyl (C=O) groups excluding carboxylic acids is 1. The number of aliphatic hydroxyl groups is 1. The number of aliphatic hydroxyl groups excluding tert-OH is 1. The van der Waals surface area contributed by atoms with Gasteiger partial charge in [-0.25, -0.2) is 13.2 Å². The molecule has 4 N–H and O–H groups in total. The number of aromatic nitrogens is 1. The number of fused-ring (bicyclic) bond motifs is 2. The van der Waals surface area contributed by atoms with Crippen LogP contribution in [-0.4, -0.2) is 97.6 Å². The SMILES string of the molecule is CC(C)CN(CC(O)C(Cc1ccccc1)NC(=O)OC1COC2OCCC12)S(=O)(=O)c1ccc2[nH]c(O)c(C=NCCC(C)(C)C)c2c1. The van der Waals surface area contributed by atoms with Crippen molar-refractivity contribution in [2.45, 2.75) is 83.3 Å². The van der Waals surface area contributed by atoms with Crippen LogP contribution in [0.2, 0.25) is 0 Å². The number of rotatable bonds is 14. The van der Waals surface area contributed by atoms with Gasteiger partial charge < -0.3 is 34.7 Å². The van der Waals surface area contributed by atoms with Crippen molar-refractivity contribution < 1.29 is 37.6 Å². The third-order valence-corrected chi connectivity index (χ3v) is 10.7. The number of hydrogen-bond donors (Lipinski definition) is 4. The minimum absolute atomic E-state index is 0.0118. The molecule has 0 bridgehead atoms. The van der Waals surface area contributed by atoms with E-state index in [1.54, 1.807) is 12.3 Å². The Kier molecular flexibility index (Phi) is 11.7. The Morgan fingerprint density at radius 1 is 1.16 bits per heavy atom. The van der Waals surface area contributed by atoms with Gasteiger partial charge in [-0.05, 0) is 54.4 Å². The molecule has 3 heterocycles. The average molecular weight is 699 g/mol. The van der Waals surface area contributed by atoms with Crippen molar-refractivity contribution in [1.82, 2.24) is 14.6 Å². The molecule has 13 heteroatoms. The number of ether oxygens (including phenoxy) is 3. The number of carbonyl (C=O) groups is 1. The Labute approximate surface area is 288 Å². The fourth-order valence-corrected chi connectivity index (χ4v) is 7.86. The number of aromatic hydroxyl groups is 1. The summed E-state index contributed by atoms with van der Waals surface area (Å²) in [4.78, 5) is 20.6. The molecule has 3 aromatic rings. The zero-order valence-electron chi connectivity index (χ0n) is 29.0. The van der Waals surface area contributed by atoms with Gasteiger partial charge in [-0.1, -0.05) is 65.0 Å². The topological polar surface area (TPSA) is 163 Å². The molecule has 5 atom stereocenters. The molecule has 268 valence electrons. The van der Waals surface area contributed by atoms with E-state index in [1.165, 1.54) is 16.4 Å².